The molecule has 1 aliphatic rings. The summed E-state index contributed by atoms with van der Waals surface area (Å²) in [5.74, 6) is 0.317. The standard InChI is InChI=1S/C24H25N7OS/c1-3-6-16(4-2)22-29-30-23(33-22)20-21(25)27-15-19(28-20)17-7-9-18(10-8-17)24(32)31-13-5-11-26-12-14-31/h3-4,6-10,15,26H,1-2,5,11-14H2,(H2,25,27)/b16-6+. The fraction of sp³-hybridized carbons (Fsp3) is 0.208. The zero-order chi connectivity index (χ0) is 23.2. The first-order chi connectivity index (χ1) is 16.1. The van der Waals surface area contributed by atoms with Gasteiger partial charge in [0.05, 0.1) is 11.9 Å². The summed E-state index contributed by atoms with van der Waals surface area (Å²) in [7, 11) is 0. The average Bonchev–Trinajstić information content (AvgIpc) is 3.16. The van der Waals surface area contributed by atoms with Gasteiger partial charge in [-0.05, 0) is 25.1 Å². The topological polar surface area (TPSA) is 110 Å². The molecule has 1 aliphatic heterocycles. The molecule has 8 nitrogen and oxygen atoms in total. The summed E-state index contributed by atoms with van der Waals surface area (Å²) < 4.78 is 0. The lowest BCUT2D eigenvalue weighted by Gasteiger charge is -2.20. The fourth-order valence-electron chi connectivity index (χ4n) is 3.50. The van der Waals surface area contributed by atoms with Crippen molar-refractivity contribution >= 4 is 28.6 Å². The third-order valence-electron chi connectivity index (χ3n) is 5.25. The van der Waals surface area contributed by atoms with Crippen LogP contribution in [0, 0.1) is 0 Å². The van der Waals surface area contributed by atoms with E-state index in [1.165, 1.54) is 11.3 Å². The Balaban J connectivity index is 1.58. The number of anilines is 1. The predicted octanol–water partition coefficient (Wildman–Crippen LogP) is 3.44. The van der Waals surface area contributed by atoms with Crippen LogP contribution in [-0.4, -0.2) is 57.2 Å². The summed E-state index contributed by atoms with van der Waals surface area (Å²) in [5.41, 5.74) is 9.51. The number of nitrogens with one attached hydrogen (secondary N) is 1. The van der Waals surface area contributed by atoms with Crippen LogP contribution in [0.2, 0.25) is 0 Å². The number of nitrogen functional groups attached to an aromatic ring is 1. The van der Waals surface area contributed by atoms with Crippen LogP contribution in [0.1, 0.15) is 21.8 Å². The van der Waals surface area contributed by atoms with Gasteiger partial charge in [0.15, 0.2) is 10.8 Å². The zero-order valence-electron chi connectivity index (χ0n) is 18.2. The number of rotatable bonds is 6. The second-order valence-corrected chi connectivity index (χ2v) is 8.41. The molecule has 0 bridgehead atoms. The summed E-state index contributed by atoms with van der Waals surface area (Å²) in [5, 5.41) is 13.0. The molecule has 168 valence electrons. The second kappa shape index (κ2) is 10.3. The Morgan fingerprint density at radius 2 is 1.97 bits per heavy atom. The Morgan fingerprint density at radius 1 is 1.15 bits per heavy atom. The molecular weight excluding hydrogens is 434 g/mol. The van der Waals surface area contributed by atoms with E-state index < -0.39 is 0 Å². The van der Waals surface area contributed by atoms with Gasteiger partial charge in [-0.15, -0.1) is 10.2 Å². The lowest BCUT2D eigenvalue weighted by atomic mass is 10.1. The van der Waals surface area contributed by atoms with Gasteiger partial charge in [0.2, 0.25) is 0 Å². The van der Waals surface area contributed by atoms with Crippen molar-refractivity contribution in [3.05, 3.63) is 72.4 Å². The van der Waals surface area contributed by atoms with Gasteiger partial charge in [0.1, 0.15) is 10.7 Å². The number of nitrogens with zero attached hydrogens (tertiary/aromatic N) is 5. The molecule has 9 heteroatoms. The highest BCUT2D eigenvalue weighted by molar-refractivity contribution is 7.15. The molecule has 0 atom stereocenters. The molecular formula is C24H25N7OS. The van der Waals surface area contributed by atoms with Crippen molar-refractivity contribution in [2.24, 2.45) is 0 Å². The molecule has 0 aliphatic carbocycles. The van der Waals surface area contributed by atoms with Crippen molar-refractivity contribution in [2.75, 3.05) is 31.9 Å². The number of carbonyl (C=O) groups excluding carboxylic acids is 1. The minimum Gasteiger partial charge on any atom is -0.382 e. The number of aromatic nitrogens is 4. The highest BCUT2D eigenvalue weighted by Gasteiger charge is 2.18. The average molecular weight is 460 g/mol. The van der Waals surface area contributed by atoms with Crippen molar-refractivity contribution in [2.45, 2.75) is 6.42 Å². The quantitative estimate of drug-likeness (QED) is 0.543. The molecule has 1 aromatic carbocycles. The van der Waals surface area contributed by atoms with Gasteiger partial charge in [0.25, 0.3) is 5.91 Å². The molecule has 3 N–H and O–H groups in total. The van der Waals surface area contributed by atoms with E-state index in [-0.39, 0.29) is 11.7 Å². The summed E-state index contributed by atoms with van der Waals surface area (Å²) in [6, 6.07) is 7.41. The molecule has 1 amide bonds. The van der Waals surface area contributed by atoms with Gasteiger partial charge in [0, 0.05) is 36.3 Å². The number of allylic oxidation sites excluding steroid dienone is 4. The van der Waals surface area contributed by atoms with Crippen LogP contribution in [0.4, 0.5) is 5.82 Å². The van der Waals surface area contributed by atoms with E-state index in [0.717, 1.165) is 37.2 Å². The molecule has 3 heterocycles. The fourth-order valence-corrected chi connectivity index (χ4v) is 4.36. The Kier molecular flexibility index (Phi) is 7.01. The van der Waals surface area contributed by atoms with E-state index in [9.17, 15) is 4.79 Å². The second-order valence-electron chi connectivity index (χ2n) is 7.44. The van der Waals surface area contributed by atoms with E-state index in [4.69, 9.17) is 5.73 Å². The Bertz CT molecular complexity index is 1190. The first-order valence-electron chi connectivity index (χ1n) is 10.6. The van der Waals surface area contributed by atoms with Gasteiger partial charge in [-0.25, -0.2) is 9.97 Å². The minimum atomic E-state index is 0.0429. The molecule has 0 radical (unpaired) electrons. The van der Waals surface area contributed by atoms with Gasteiger partial charge in [-0.2, -0.15) is 0 Å². The van der Waals surface area contributed by atoms with Crippen molar-refractivity contribution in [1.82, 2.24) is 30.4 Å². The van der Waals surface area contributed by atoms with E-state index in [1.54, 1.807) is 18.3 Å². The van der Waals surface area contributed by atoms with E-state index in [1.807, 2.05) is 35.2 Å². The SMILES string of the molecule is C=C/C=C(\C=C)c1nnc(-c2nc(-c3ccc(C(=O)N4CCCNCC4)cc3)cnc2N)s1. The third-order valence-corrected chi connectivity index (χ3v) is 6.23. The molecule has 0 saturated carbocycles. The van der Waals surface area contributed by atoms with E-state index in [2.05, 4.69) is 38.6 Å². The lowest BCUT2D eigenvalue weighted by Crippen LogP contribution is -2.34. The number of hydrogen-bond acceptors (Lipinski definition) is 8. The zero-order valence-corrected chi connectivity index (χ0v) is 19.0. The molecule has 33 heavy (non-hydrogen) atoms. The minimum absolute atomic E-state index is 0.0429. The summed E-state index contributed by atoms with van der Waals surface area (Å²) in [4.78, 5) is 23.7. The maximum Gasteiger partial charge on any atom is 0.253 e. The molecule has 0 unspecified atom stereocenters. The lowest BCUT2D eigenvalue weighted by molar-refractivity contribution is 0.0766. The van der Waals surface area contributed by atoms with Gasteiger partial charge in [-0.1, -0.05) is 54.9 Å². The Hall–Kier alpha value is -3.69. The number of amides is 1. The normalized spacial score (nSPS) is 14.5. The van der Waals surface area contributed by atoms with Crippen LogP contribution in [-0.2, 0) is 0 Å². The predicted molar refractivity (Wildman–Crippen MR) is 133 cm³/mol. The number of benzene rings is 1. The molecule has 3 aromatic rings. The maximum absolute atomic E-state index is 12.8. The van der Waals surface area contributed by atoms with Crippen LogP contribution in [0.3, 0.4) is 0 Å². The van der Waals surface area contributed by atoms with Crippen LogP contribution in [0.5, 0.6) is 0 Å². The van der Waals surface area contributed by atoms with Crippen LogP contribution in [0.15, 0.2) is 61.8 Å². The van der Waals surface area contributed by atoms with Crippen LogP contribution < -0.4 is 11.1 Å². The molecule has 0 spiro atoms. The van der Waals surface area contributed by atoms with Crippen molar-refractivity contribution in [3.63, 3.8) is 0 Å². The van der Waals surface area contributed by atoms with Gasteiger partial charge in [-0.3, -0.25) is 4.79 Å². The van der Waals surface area contributed by atoms with Gasteiger partial charge >= 0.3 is 0 Å². The first-order valence-corrected chi connectivity index (χ1v) is 11.4. The largest absolute Gasteiger partial charge is 0.382 e. The molecule has 2 aromatic heterocycles. The number of nitrogens with two attached hydrogens (primary N) is 1. The van der Waals surface area contributed by atoms with E-state index in [0.29, 0.717) is 33.5 Å². The highest BCUT2D eigenvalue weighted by Crippen LogP contribution is 2.31. The third kappa shape index (κ3) is 5.05. The summed E-state index contributed by atoms with van der Waals surface area (Å²) >= 11 is 1.35. The summed E-state index contributed by atoms with van der Waals surface area (Å²) in [6.45, 7) is 10.8. The van der Waals surface area contributed by atoms with Crippen molar-refractivity contribution in [1.29, 1.82) is 0 Å². The van der Waals surface area contributed by atoms with Crippen LogP contribution in [0.25, 0.3) is 27.5 Å². The maximum atomic E-state index is 12.8. The Labute approximate surface area is 196 Å². The number of carbonyl (C=O) groups is 1. The smallest absolute Gasteiger partial charge is 0.253 e. The van der Waals surface area contributed by atoms with Crippen molar-refractivity contribution < 1.29 is 4.79 Å². The Morgan fingerprint density at radius 3 is 2.73 bits per heavy atom. The first kappa shape index (κ1) is 22.5. The number of hydrogen-bond donors (Lipinski definition) is 2. The monoisotopic (exact) mass is 459 g/mol. The molecule has 1 saturated heterocycles. The molecule has 1 fully saturated rings. The van der Waals surface area contributed by atoms with Gasteiger partial charge < -0.3 is 16.0 Å². The van der Waals surface area contributed by atoms with Crippen molar-refractivity contribution in [3.8, 4) is 22.0 Å². The van der Waals surface area contributed by atoms with E-state index >= 15 is 0 Å². The van der Waals surface area contributed by atoms with Crippen LogP contribution >= 0.6 is 11.3 Å². The highest BCUT2D eigenvalue weighted by atomic mass is 32.1. The summed E-state index contributed by atoms with van der Waals surface area (Å²) in [6.07, 6.45) is 7.75. The molecule has 4 rings (SSSR count).